The molecule has 0 aromatic heterocycles. The van der Waals surface area contributed by atoms with Crippen molar-refractivity contribution in [2.75, 3.05) is 6.54 Å². The van der Waals surface area contributed by atoms with E-state index >= 15 is 0 Å². The minimum absolute atomic E-state index is 0.0468. The Morgan fingerprint density at radius 2 is 2.00 bits per heavy atom. The van der Waals surface area contributed by atoms with Crippen LogP contribution in [0.1, 0.15) is 44.9 Å². The fraction of sp³-hybridized carbons (Fsp3) is 0.923. The third-order valence-corrected chi connectivity index (χ3v) is 4.12. The van der Waals surface area contributed by atoms with E-state index in [1.807, 2.05) is 0 Å². The van der Waals surface area contributed by atoms with Gasteiger partial charge in [-0.05, 0) is 31.6 Å². The highest BCUT2D eigenvalue weighted by atomic mass is 19.4. The summed E-state index contributed by atoms with van der Waals surface area (Å²) in [5, 5.41) is 5.92. The molecule has 3 nitrogen and oxygen atoms in total. The summed E-state index contributed by atoms with van der Waals surface area (Å²) in [6, 6.07) is 0.221. The zero-order valence-corrected chi connectivity index (χ0v) is 10.9. The number of alkyl halides is 3. The number of nitrogens with one attached hydrogen (secondary N) is 2. The van der Waals surface area contributed by atoms with Gasteiger partial charge < -0.3 is 10.6 Å². The van der Waals surface area contributed by atoms with Crippen LogP contribution < -0.4 is 10.6 Å². The Bertz CT molecular complexity index is 306. The van der Waals surface area contributed by atoms with Crippen molar-refractivity contribution >= 4 is 5.91 Å². The van der Waals surface area contributed by atoms with Gasteiger partial charge in [-0.3, -0.25) is 4.79 Å². The summed E-state index contributed by atoms with van der Waals surface area (Å²) >= 11 is 0. The molecule has 110 valence electrons. The Kier molecular flexibility index (Phi) is 4.71. The van der Waals surface area contributed by atoms with Gasteiger partial charge in [-0.2, -0.15) is 13.2 Å². The van der Waals surface area contributed by atoms with Crippen LogP contribution in [0, 0.1) is 5.92 Å². The molecule has 2 aliphatic rings. The molecule has 1 heterocycles. The smallest absolute Gasteiger partial charge is 0.355 e. The molecule has 3 unspecified atom stereocenters. The maximum absolute atomic E-state index is 12.0. The van der Waals surface area contributed by atoms with E-state index in [1.165, 1.54) is 12.8 Å². The summed E-state index contributed by atoms with van der Waals surface area (Å²) in [5.41, 5.74) is 0. The molecule has 0 aromatic rings. The van der Waals surface area contributed by atoms with Gasteiger partial charge in [0.15, 0.2) is 0 Å². The minimum Gasteiger partial charge on any atom is -0.355 e. The second-order valence-electron chi connectivity index (χ2n) is 5.62. The zero-order chi connectivity index (χ0) is 13.9. The van der Waals surface area contributed by atoms with E-state index in [0.29, 0.717) is 12.0 Å². The first-order chi connectivity index (χ1) is 8.96. The molecule has 2 N–H and O–H groups in total. The largest absolute Gasteiger partial charge is 0.389 e. The monoisotopic (exact) mass is 278 g/mol. The fourth-order valence-corrected chi connectivity index (χ4v) is 3.14. The van der Waals surface area contributed by atoms with Crippen molar-refractivity contribution in [2.24, 2.45) is 5.92 Å². The Morgan fingerprint density at radius 1 is 1.26 bits per heavy atom. The summed E-state index contributed by atoms with van der Waals surface area (Å²) in [7, 11) is 0. The number of amides is 1. The lowest BCUT2D eigenvalue weighted by molar-refractivity contribution is -0.136. The number of carbonyl (C=O) groups is 1. The van der Waals surface area contributed by atoms with E-state index in [-0.39, 0.29) is 24.9 Å². The van der Waals surface area contributed by atoms with Gasteiger partial charge >= 0.3 is 6.18 Å². The quantitative estimate of drug-likeness (QED) is 0.775. The van der Waals surface area contributed by atoms with E-state index in [4.69, 9.17) is 0 Å². The molecule has 3 atom stereocenters. The zero-order valence-electron chi connectivity index (χ0n) is 10.9. The van der Waals surface area contributed by atoms with Gasteiger partial charge in [0.2, 0.25) is 5.91 Å². The van der Waals surface area contributed by atoms with E-state index < -0.39 is 12.6 Å². The maximum Gasteiger partial charge on any atom is 0.389 e. The average Bonchev–Trinajstić information content (AvgIpc) is 2.77. The number of carbonyl (C=O) groups excluding carboxylic acids is 1. The summed E-state index contributed by atoms with van der Waals surface area (Å²) in [6.07, 6.45) is 0.515. The van der Waals surface area contributed by atoms with Crippen LogP contribution in [-0.4, -0.2) is 30.7 Å². The van der Waals surface area contributed by atoms with Gasteiger partial charge in [-0.25, -0.2) is 0 Å². The van der Waals surface area contributed by atoms with Crippen molar-refractivity contribution in [3.8, 4) is 0 Å². The normalized spacial score (nSPS) is 31.0. The Morgan fingerprint density at radius 3 is 2.68 bits per heavy atom. The van der Waals surface area contributed by atoms with Crippen molar-refractivity contribution in [1.29, 1.82) is 0 Å². The molecule has 1 saturated heterocycles. The predicted octanol–water partition coefficient (Wildman–Crippen LogP) is 2.37. The lowest BCUT2D eigenvalue weighted by Crippen LogP contribution is -2.43. The molecule has 2 fully saturated rings. The fourth-order valence-electron chi connectivity index (χ4n) is 3.14. The van der Waals surface area contributed by atoms with Gasteiger partial charge in [-0.15, -0.1) is 0 Å². The first-order valence-electron chi connectivity index (χ1n) is 7.06. The number of halogens is 3. The lowest BCUT2D eigenvalue weighted by atomic mass is 9.85. The molecule has 19 heavy (non-hydrogen) atoms. The van der Waals surface area contributed by atoms with Crippen LogP contribution in [0.3, 0.4) is 0 Å². The average molecular weight is 278 g/mol. The van der Waals surface area contributed by atoms with Gasteiger partial charge in [-0.1, -0.05) is 12.8 Å². The molecule has 1 amide bonds. The van der Waals surface area contributed by atoms with E-state index in [1.54, 1.807) is 0 Å². The van der Waals surface area contributed by atoms with Crippen LogP contribution in [0.15, 0.2) is 0 Å². The number of hydrogen-bond acceptors (Lipinski definition) is 2. The number of rotatable bonds is 4. The molecule has 0 bridgehead atoms. The predicted molar refractivity (Wildman–Crippen MR) is 65.6 cm³/mol. The highest BCUT2D eigenvalue weighted by Crippen LogP contribution is 2.33. The molecule has 0 spiro atoms. The Labute approximate surface area is 111 Å². The number of hydrogen-bond donors (Lipinski definition) is 2. The maximum atomic E-state index is 12.0. The second kappa shape index (κ2) is 6.11. The standard InChI is InChI=1S/C13H21F3N2O/c14-13(15,16)6-3-7-17-12(19)11-8-9-4-1-2-5-10(9)18-11/h9-11,18H,1-8H2,(H,17,19). The summed E-state index contributed by atoms with van der Waals surface area (Å²) in [6.45, 7) is 0.103. The third-order valence-electron chi connectivity index (χ3n) is 4.12. The molecule has 1 aliphatic carbocycles. The van der Waals surface area contributed by atoms with E-state index in [9.17, 15) is 18.0 Å². The lowest BCUT2D eigenvalue weighted by Gasteiger charge is -2.24. The van der Waals surface area contributed by atoms with E-state index in [2.05, 4.69) is 10.6 Å². The van der Waals surface area contributed by atoms with Crippen molar-refractivity contribution in [3.05, 3.63) is 0 Å². The molecule has 0 aromatic carbocycles. The minimum atomic E-state index is -4.13. The van der Waals surface area contributed by atoms with Crippen molar-refractivity contribution in [1.82, 2.24) is 10.6 Å². The highest BCUT2D eigenvalue weighted by Gasteiger charge is 2.38. The molecule has 1 aliphatic heterocycles. The summed E-state index contributed by atoms with van der Waals surface area (Å²) in [4.78, 5) is 11.9. The van der Waals surface area contributed by atoms with Gasteiger partial charge in [0.05, 0.1) is 6.04 Å². The number of fused-ring (bicyclic) bond motifs is 1. The molecule has 2 rings (SSSR count). The first-order valence-corrected chi connectivity index (χ1v) is 7.06. The van der Waals surface area contributed by atoms with Gasteiger partial charge in [0.1, 0.15) is 0 Å². The van der Waals surface area contributed by atoms with Crippen LogP contribution in [-0.2, 0) is 4.79 Å². The van der Waals surface area contributed by atoms with Crippen LogP contribution >= 0.6 is 0 Å². The third kappa shape index (κ3) is 4.37. The van der Waals surface area contributed by atoms with Crippen molar-refractivity contribution in [2.45, 2.75) is 63.2 Å². The van der Waals surface area contributed by atoms with Crippen LogP contribution in [0.25, 0.3) is 0 Å². The Hall–Kier alpha value is -0.780. The van der Waals surface area contributed by atoms with Gasteiger partial charge in [0.25, 0.3) is 0 Å². The topological polar surface area (TPSA) is 41.1 Å². The van der Waals surface area contributed by atoms with Crippen molar-refractivity contribution < 1.29 is 18.0 Å². The molecule has 6 heteroatoms. The molecular formula is C13H21F3N2O. The Balaban J connectivity index is 1.67. The SMILES string of the molecule is O=C(NCCCC(F)(F)F)C1CC2CCCCC2N1. The van der Waals surface area contributed by atoms with E-state index in [0.717, 1.165) is 19.3 Å². The second-order valence-corrected chi connectivity index (χ2v) is 5.62. The van der Waals surface area contributed by atoms with Crippen LogP contribution in [0.5, 0.6) is 0 Å². The van der Waals surface area contributed by atoms with Gasteiger partial charge in [0, 0.05) is 19.0 Å². The van der Waals surface area contributed by atoms with Crippen LogP contribution in [0.2, 0.25) is 0 Å². The summed E-state index contributed by atoms with van der Waals surface area (Å²) in [5.74, 6) is 0.427. The van der Waals surface area contributed by atoms with Crippen LogP contribution in [0.4, 0.5) is 13.2 Å². The highest BCUT2D eigenvalue weighted by molar-refractivity contribution is 5.82. The molecular weight excluding hydrogens is 257 g/mol. The molecule has 1 saturated carbocycles. The van der Waals surface area contributed by atoms with Crippen molar-refractivity contribution in [3.63, 3.8) is 0 Å². The summed E-state index contributed by atoms with van der Waals surface area (Å²) < 4.78 is 35.9. The molecule has 0 radical (unpaired) electrons. The first kappa shape index (κ1) is 14.6.